The second-order valence-electron chi connectivity index (χ2n) is 8.98. The Balaban J connectivity index is 1.42. The molecule has 0 saturated carbocycles. The summed E-state index contributed by atoms with van der Waals surface area (Å²) in [6.45, 7) is 1.99. The van der Waals surface area contributed by atoms with Gasteiger partial charge >= 0.3 is 0 Å². The normalized spacial score (nSPS) is 10.6. The summed E-state index contributed by atoms with van der Waals surface area (Å²) in [5.41, 5.74) is 4.14. The third-order valence-electron chi connectivity index (χ3n) is 6.30. The molecule has 5 aromatic rings. The molecule has 0 aliphatic rings. The van der Waals surface area contributed by atoms with Crippen LogP contribution < -0.4 is 24.3 Å². The zero-order chi connectivity index (χ0) is 28.1. The fourth-order valence-electron chi connectivity index (χ4n) is 4.24. The number of rotatable bonds is 9. The van der Waals surface area contributed by atoms with Crippen molar-refractivity contribution in [1.29, 1.82) is 0 Å². The summed E-state index contributed by atoms with van der Waals surface area (Å²) in [7, 11) is 4.75. The molecule has 0 fully saturated rings. The number of benzene rings is 4. The first-order valence-electron chi connectivity index (χ1n) is 12.6. The number of para-hydroxylation sites is 1. The second-order valence-corrected chi connectivity index (χ2v) is 8.98. The number of carbonyl (C=O) groups excluding carboxylic acids is 1. The lowest BCUT2D eigenvalue weighted by atomic mass is 10.1. The van der Waals surface area contributed by atoms with Gasteiger partial charge in [0, 0.05) is 17.4 Å². The monoisotopic (exact) mass is 535 g/mol. The molecule has 1 N–H and O–H groups in total. The van der Waals surface area contributed by atoms with E-state index in [0.717, 1.165) is 11.3 Å². The van der Waals surface area contributed by atoms with E-state index in [1.165, 1.54) is 0 Å². The maximum atomic E-state index is 13.6. The van der Waals surface area contributed by atoms with Gasteiger partial charge in [0.15, 0.2) is 23.0 Å². The third-order valence-corrected chi connectivity index (χ3v) is 6.30. The molecule has 202 valence electrons. The standard InChI is InChI=1S/C32H29N3O5/c1-21-10-16-28(29(18-21)38-3)40-25-14-12-23(13-15-25)33-32(36)26-20-35(24-8-6-5-7-9-24)34-31(26)22-11-17-27(37-2)30(19-22)39-4/h5-20H,1-4H3,(H,33,36). The quantitative estimate of drug-likeness (QED) is 0.221. The smallest absolute Gasteiger partial charge is 0.259 e. The van der Waals surface area contributed by atoms with E-state index in [9.17, 15) is 4.79 Å². The fourth-order valence-corrected chi connectivity index (χ4v) is 4.24. The summed E-state index contributed by atoms with van der Waals surface area (Å²) < 4.78 is 24.0. The number of amides is 1. The van der Waals surface area contributed by atoms with Crippen LogP contribution in [0.15, 0.2) is 97.2 Å². The number of nitrogens with zero attached hydrogens (tertiary/aromatic N) is 2. The molecule has 1 amide bonds. The molecule has 8 nitrogen and oxygen atoms in total. The molecule has 0 bridgehead atoms. The number of anilines is 1. The summed E-state index contributed by atoms with van der Waals surface area (Å²) in [4.78, 5) is 13.6. The number of nitrogens with one attached hydrogen (secondary N) is 1. The number of ether oxygens (including phenoxy) is 4. The number of methoxy groups -OCH3 is 3. The molecule has 1 aromatic heterocycles. The van der Waals surface area contributed by atoms with Gasteiger partial charge in [0.1, 0.15) is 11.4 Å². The highest BCUT2D eigenvalue weighted by atomic mass is 16.5. The van der Waals surface area contributed by atoms with Crippen molar-refractivity contribution in [3.8, 4) is 45.7 Å². The average Bonchev–Trinajstić information content (AvgIpc) is 3.45. The predicted octanol–water partition coefficient (Wildman–Crippen LogP) is 6.92. The van der Waals surface area contributed by atoms with Crippen molar-refractivity contribution in [2.45, 2.75) is 6.92 Å². The van der Waals surface area contributed by atoms with E-state index < -0.39 is 0 Å². The molecule has 4 aromatic carbocycles. The Morgan fingerprint density at radius 3 is 2.12 bits per heavy atom. The first-order valence-corrected chi connectivity index (χ1v) is 12.6. The second kappa shape index (κ2) is 11.7. The maximum Gasteiger partial charge on any atom is 0.259 e. The van der Waals surface area contributed by atoms with Crippen LogP contribution in [0, 0.1) is 6.92 Å². The number of carbonyl (C=O) groups is 1. The zero-order valence-electron chi connectivity index (χ0n) is 22.7. The lowest BCUT2D eigenvalue weighted by Gasteiger charge is -2.12. The number of hydrogen-bond acceptors (Lipinski definition) is 6. The Morgan fingerprint density at radius 2 is 1.43 bits per heavy atom. The molecule has 1 heterocycles. The van der Waals surface area contributed by atoms with E-state index in [1.54, 1.807) is 68.6 Å². The highest BCUT2D eigenvalue weighted by molar-refractivity contribution is 6.08. The first-order chi connectivity index (χ1) is 19.5. The van der Waals surface area contributed by atoms with Gasteiger partial charge in [-0.15, -0.1) is 0 Å². The average molecular weight is 536 g/mol. The Kier molecular flexibility index (Phi) is 7.68. The molecular formula is C32H29N3O5. The van der Waals surface area contributed by atoms with Gasteiger partial charge in [0.05, 0.1) is 32.6 Å². The van der Waals surface area contributed by atoms with Crippen LogP contribution in [0.3, 0.4) is 0 Å². The molecule has 0 aliphatic carbocycles. The van der Waals surface area contributed by atoms with Crippen molar-refractivity contribution in [2.24, 2.45) is 0 Å². The topological polar surface area (TPSA) is 83.8 Å². The van der Waals surface area contributed by atoms with Gasteiger partial charge in [-0.1, -0.05) is 24.3 Å². The van der Waals surface area contributed by atoms with Crippen molar-refractivity contribution in [3.05, 3.63) is 108 Å². The molecule has 0 unspecified atom stereocenters. The van der Waals surface area contributed by atoms with Gasteiger partial charge in [-0.3, -0.25) is 4.79 Å². The predicted molar refractivity (Wildman–Crippen MR) is 154 cm³/mol. The summed E-state index contributed by atoms with van der Waals surface area (Å²) in [6, 6.07) is 27.9. The minimum Gasteiger partial charge on any atom is -0.493 e. The molecule has 40 heavy (non-hydrogen) atoms. The first kappa shape index (κ1) is 26.4. The number of hydrogen-bond donors (Lipinski definition) is 1. The van der Waals surface area contributed by atoms with Crippen molar-refractivity contribution in [3.63, 3.8) is 0 Å². The van der Waals surface area contributed by atoms with Crippen LogP contribution in [0.5, 0.6) is 28.7 Å². The number of aromatic nitrogens is 2. The van der Waals surface area contributed by atoms with E-state index >= 15 is 0 Å². The Bertz CT molecular complexity index is 1630. The Labute approximate surface area is 232 Å². The zero-order valence-corrected chi connectivity index (χ0v) is 22.7. The van der Waals surface area contributed by atoms with E-state index in [1.807, 2.05) is 61.5 Å². The summed E-state index contributed by atoms with van der Waals surface area (Å²) >= 11 is 0. The summed E-state index contributed by atoms with van der Waals surface area (Å²) in [6.07, 6.45) is 1.72. The van der Waals surface area contributed by atoms with Gasteiger partial charge in [0.2, 0.25) is 0 Å². The molecule has 0 atom stereocenters. The van der Waals surface area contributed by atoms with Crippen molar-refractivity contribution >= 4 is 11.6 Å². The molecular weight excluding hydrogens is 506 g/mol. The lowest BCUT2D eigenvalue weighted by Crippen LogP contribution is -2.12. The van der Waals surface area contributed by atoms with Gasteiger partial charge < -0.3 is 24.3 Å². The molecule has 0 radical (unpaired) electrons. The minimum atomic E-state index is -0.305. The number of aryl methyl sites for hydroxylation is 1. The summed E-state index contributed by atoms with van der Waals surface area (Å²) in [5, 5.41) is 7.73. The van der Waals surface area contributed by atoms with E-state index in [-0.39, 0.29) is 5.91 Å². The SMILES string of the molecule is COc1ccc(-c2nn(-c3ccccc3)cc2C(=O)Nc2ccc(Oc3ccc(C)cc3OC)cc2)cc1OC. The van der Waals surface area contributed by atoms with E-state index in [0.29, 0.717) is 51.3 Å². The van der Waals surface area contributed by atoms with Crippen LogP contribution in [0.1, 0.15) is 15.9 Å². The van der Waals surface area contributed by atoms with Crippen LogP contribution in [-0.4, -0.2) is 37.0 Å². The van der Waals surface area contributed by atoms with Crippen molar-refractivity contribution < 1.29 is 23.7 Å². The van der Waals surface area contributed by atoms with Gasteiger partial charge in [0.25, 0.3) is 5.91 Å². The minimum absolute atomic E-state index is 0.305. The molecule has 0 spiro atoms. The molecule has 0 saturated heterocycles. The van der Waals surface area contributed by atoms with Crippen LogP contribution in [0.2, 0.25) is 0 Å². The summed E-state index contributed by atoms with van der Waals surface area (Å²) in [5.74, 6) is 2.70. The Hall–Kier alpha value is -5.24. The molecule has 8 heteroatoms. The highest BCUT2D eigenvalue weighted by Crippen LogP contribution is 2.35. The van der Waals surface area contributed by atoms with Gasteiger partial charge in [-0.2, -0.15) is 5.10 Å². The van der Waals surface area contributed by atoms with Gasteiger partial charge in [-0.25, -0.2) is 4.68 Å². The van der Waals surface area contributed by atoms with Crippen LogP contribution in [0.4, 0.5) is 5.69 Å². The molecule has 5 rings (SSSR count). The maximum absolute atomic E-state index is 13.6. The van der Waals surface area contributed by atoms with E-state index in [2.05, 4.69) is 5.32 Å². The van der Waals surface area contributed by atoms with Crippen molar-refractivity contribution in [1.82, 2.24) is 9.78 Å². The van der Waals surface area contributed by atoms with Crippen LogP contribution in [0.25, 0.3) is 16.9 Å². The third kappa shape index (κ3) is 5.61. The molecule has 0 aliphatic heterocycles. The Morgan fingerprint density at radius 1 is 0.750 bits per heavy atom. The van der Waals surface area contributed by atoms with Crippen molar-refractivity contribution in [2.75, 3.05) is 26.6 Å². The van der Waals surface area contributed by atoms with Crippen LogP contribution in [-0.2, 0) is 0 Å². The van der Waals surface area contributed by atoms with E-state index in [4.69, 9.17) is 24.0 Å². The largest absolute Gasteiger partial charge is 0.493 e. The van der Waals surface area contributed by atoms with Gasteiger partial charge in [-0.05, 0) is 79.2 Å². The highest BCUT2D eigenvalue weighted by Gasteiger charge is 2.20. The fraction of sp³-hybridized carbons (Fsp3) is 0.125. The van der Waals surface area contributed by atoms with Crippen LogP contribution >= 0.6 is 0 Å². The lowest BCUT2D eigenvalue weighted by molar-refractivity contribution is 0.102.